The second kappa shape index (κ2) is 9.82. The Morgan fingerprint density at radius 1 is 1.21 bits per heavy atom. The van der Waals surface area contributed by atoms with Crippen molar-refractivity contribution in [3.05, 3.63) is 45.9 Å². The number of esters is 1. The van der Waals surface area contributed by atoms with E-state index in [1.54, 1.807) is 22.7 Å². The van der Waals surface area contributed by atoms with Crippen LogP contribution in [0.2, 0.25) is 5.02 Å². The smallest absolute Gasteiger partial charge is 0.417 e. The number of pyridine rings is 1. The lowest BCUT2D eigenvalue weighted by Gasteiger charge is -2.35. The Labute approximate surface area is 193 Å². The average molecular weight is 486 g/mol. The zero-order valence-corrected chi connectivity index (χ0v) is 19.1. The van der Waals surface area contributed by atoms with Crippen LogP contribution in [-0.2, 0) is 27.5 Å². The van der Waals surface area contributed by atoms with Gasteiger partial charge in [-0.1, -0.05) is 11.6 Å². The maximum Gasteiger partial charge on any atom is 0.417 e. The maximum absolute atomic E-state index is 12.8. The minimum atomic E-state index is -4.53. The number of rotatable bonds is 5. The van der Waals surface area contributed by atoms with E-state index in [1.807, 2.05) is 13.8 Å². The van der Waals surface area contributed by atoms with Gasteiger partial charge in [-0.2, -0.15) is 18.3 Å². The molecule has 12 heteroatoms. The quantitative estimate of drug-likeness (QED) is 0.478. The Bertz CT molecular complexity index is 1080. The SMILES string of the molecule is Cc1nn(C)c(C)c1/C=C/C(=O)OCC(=O)N1CCN(c2ncc(C(F)(F)F)cc2Cl)CC1. The third-order valence-electron chi connectivity index (χ3n) is 5.37. The summed E-state index contributed by atoms with van der Waals surface area (Å²) < 4.78 is 45.1. The van der Waals surface area contributed by atoms with Crippen LogP contribution in [0.5, 0.6) is 0 Å². The van der Waals surface area contributed by atoms with Crippen molar-refractivity contribution in [2.24, 2.45) is 7.05 Å². The van der Waals surface area contributed by atoms with E-state index in [0.29, 0.717) is 26.2 Å². The molecule has 0 aliphatic carbocycles. The molecular weight excluding hydrogens is 463 g/mol. The molecule has 1 amide bonds. The van der Waals surface area contributed by atoms with Gasteiger partial charge in [-0.05, 0) is 26.0 Å². The van der Waals surface area contributed by atoms with Gasteiger partial charge < -0.3 is 14.5 Å². The largest absolute Gasteiger partial charge is 0.452 e. The first-order valence-corrected chi connectivity index (χ1v) is 10.5. The monoisotopic (exact) mass is 485 g/mol. The van der Waals surface area contributed by atoms with E-state index in [0.717, 1.165) is 29.2 Å². The number of ether oxygens (including phenoxy) is 1. The molecule has 1 saturated heterocycles. The molecule has 1 aliphatic rings. The topological polar surface area (TPSA) is 80.6 Å². The van der Waals surface area contributed by atoms with E-state index in [2.05, 4.69) is 10.1 Å². The lowest BCUT2D eigenvalue weighted by Crippen LogP contribution is -2.50. The molecule has 178 valence electrons. The number of hydrogen-bond donors (Lipinski definition) is 0. The highest BCUT2D eigenvalue weighted by Gasteiger charge is 2.32. The van der Waals surface area contributed by atoms with Crippen molar-refractivity contribution in [2.75, 3.05) is 37.7 Å². The molecule has 0 atom stereocenters. The number of hydrogen-bond acceptors (Lipinski definition) is 6. The van der Waals surface area contributed by atoms with Crippen molar-refractivity contribution in [1.29, 1.82) is 0 Å². The fourth-order valence-corrected chi connectivity index (χ4v) is 3.73. The van der Waals surface area contributed by atoms with E-state index in [4.69, 9.17) is 16.3 Å². The number of alkyl halides is 3. The Morgan fingerprint density at radius 2 is 1.88 bits per heavy atom. The molecule has 2 aromatic rings. The van der Waals surface area contributed by atoms with Crippen LogP contribution in [0.25, 0.3) is 6.08 Å². The first-order valence-electron chi connectivity index (χ1n) is 10.1. The van der Waals surface area contributed by atoms with Crippen molar-refractivity contribution < 1.29 is 27.5 Å². The van der Waals surface area contributed by atoms with Crippen molar-refractivity contribution in [1.82, 2.24) is 19.7 Å². The standard InChI is InChI=1S/C21H23ClF3N5O3/c1-13-16(14(2)28(3)27-13)4-5-19(32)33-12-18(31)29-6-8-30(9-7-29)20-17(22)10-15(11-26-20)21(23,24)25/h4-5,10-11H,6-9,12H2,1-3H3/b5-4+. The summed E-state index contributed by atoms with van der Waals surface area (Å²) in [5, 5.41) is 4.15. The summed E-state index contributed by atoms with van der Waals surface area (Å²) in [6.45, 7) is 4.54. The summed E-state index contributed by atoms with van der Waals surface area (Å²) in [6.07, 6.45) is -0.937. The minimum Gasteiger partial charge on any atom is -0.452 e. The molecule has 1 fully saturated rings. The van der Waals surface area contributed by atoms with Crippen molar-refractivity contribution in [2.45, 2.75) is 20.0 Å². The van der Waals surface area contributed by atoms with Gasteiger partial charge in [-0.25, -0.2) is 9.78 Å². The molecule has 0 radical (unpaired) electrons. The van der Waals surface area contributed by atoms with E-state index >= 15 is 0 Å². The fraction of sp³-hybridized carbons (Fsp3) is 0.429. The predicted octanol–water partition coefficient (Wildman–Crippen LogP) is 3.01. The summed E-state index contributed by atoms with van der Waals surface area (Å²) >= 11 is 5.99. The molecule has 0 unspecified atom stereocenters. The Hall–Kier alpha value is -3.08. The van der Waals surface area contributed by atoms with Crippen LogP contribution in [0.1, 0.15) is 22.5 Å². The van der Waals surface area contributed by atoms with Gasteiger partial charge in [-0.3, -0.25) is 9.48 Å². The molecule has 33 heavy (non-hydrogen) atoms. The third-order valence-corrected chi connectivity index (χ3v) is 5.65. The van der Waals surface area contributed by atoms with Gasteiger partial charge in [0.05, 0.1) is 16.3 Å². The number of nitrogens with zero attached hydrogens (tertiary/aromatic N) is 5. The molecule has 0 aromatic carbocycles. The van der Waals surface area contributed by atoms with Gasteiger partial charge in [0.1, 0.15) is 5.82 Å². The number of piperazine rings is 1. The molecule has 0 spiro atoms. The van der Waals surface area contributed by atoms with Crippen LogP contribution < -0.4 is 4.90 Å². The number of halogens is 4. The predicted molar refractivity (Wildman–Crippen MR) is 116 cm³/mol. The zero-order chi connectivity index (χ0) is 24.3. The van der Waals surface area contributed by atoms with Gasteiger partial charge in [-0.15, -0.1) is 0 Å². The van der Waals surface area contributed by atoms with Gasteiger partial charge in [0, 0.05) is 56.8 Å². The van der Waals surface area contributed by atoms with Gasteiger partial charge in [0.25, 0.3) is 5.91 Å². The normalized spacial score (nSPS) is 14.8. The fourth-order valence-electron chi connectivity index (χ4n) is 3.44. The number of amides is 1. The Balaban J connectivity index is 1.49. The highest BCUT2D eigenvalue weighted by Crippen LogP contribution is 2.33. The van der Waals surface area contributed by atoms with Crippen molar-refractivity contribution >= 4 is 35.4 Å². The lowest BCUT2D eigenvalue weighted by atomic mass is 10.2. The average Bonchev–Trinajstić information content (AvgIpc) is 3.00. The number of aromatic nitrogens is 3. The summed E-state index contributed by atoms with van der Waals surface area (Å²) in [5.74, 6) is -0.781. The van der Waals surface area contributed by atoms with Crippen molar-refractivity contribution in [3.8, 4) is 0 Å². The summed E-state index contributed by atoms with van der Waals surface area (Å²) in [5.41, 5.74) is 1.56. The van der Waals surface area contributed by atoms with Gasteiger partial charge >= 0.3 is 12.1 Å². The van der Waals surface area contributed by atoms with Crippen LogP contribution in [0.15, 0.2) is 18.3 Å². The van der Waals surface area contributed by atoms with Crippen LogP contribution in [0.4, 0.5) is 19.0 Å². The number of carbonyl (C=O) groups is 2. The molecule has 1 aliphatic heterocycles. The zero-order valence-electron chi connectivity index (χ0n) is 18.3. The number of anilines is 1. The summed E-state index contributed by atoms with van der Waals surface area (Å²) in [7, 11) is 1.80. The Kier molecular flexibility index (Phi) is 7.31. The molecule has 0 saturated carbocycles. The molecule has 0 bridgehead atoms. The molecule has 3 heterocycles. The second-order valence-electron chi connectivity index (χ2n) is 7.54. The maximum atomic E-state index is 12.8. The van der Waals surface area contributed by atoms with Crippen molar-refractivity contribution in [3.63, 3.8) is 0 Å². The highest BCUT2D eigenvalue weighted by molar-refractivity contribution is 6.33. The first-order chi connectivity index (χ1) is 15.5. The highest BCUT2D eigenvalue weighted by atomic mass is 35.5. The van der Waals surface area contributed by atoms with E-state index in [1.165, 1.54) is 11.0 Å². The molecule has 8 nitrogen and oxygen atoms in total. The number of aryl methyl sites for hydroxylation is 2. The van der Waals surface area contributed by atoms with Crippen LogP contribution in [0, 0.1) is 13.8 Å². The van der Waals surface area contributed by atoms with Gasteiger partial charge in [0.15, 0.2) is 6.61 Å². The molecular formula is C21H23ClF3N5O3. The molecule has 0 N–H and O–H groups in total. The third kappa shape index (κ3) is 5.84. The summed E-state index contributed by atoms with van der Waals surface area (Å²) in [6, 6.07) is 0.836. The Morgan fingerprint density at radius 3 is 2.42 bits per heavy atom. The second-order valence-corrected chi connectivity index (χ2v) is 7.95. The molecule has 3 rings (SSSR count). The summed E-state index contributed by atoms with van der Waals surface area (Å²) in [4.78, 5) is 31.4. The first kappa shape index (κ1) is 24.6. The van der Waals surface area contributed by atoms with Crippen LogP contribution >= 0.6 is 11.6 Å². The van der Waals surface area contributed by atoms with E-state index < -0.39 is 24.3 Å². The minimum absolute atomic E-state index is 0.107. The van der Waals surface area contributed by atoms with E-state index in [9.17, 15) is 22.8 Å². The lowest BCUT2D eigenvalue weighted by molar-refractivity contribution is -0.148. The number of carbonyl (C=O) groups excluding carboxylic acids is 2. The van der Waals surface area contributed by atoms with E-state index in [-0.39, 0.29) is 16.7 Å². The van der Waals surface area contributed by atoms with Crippen LogP contribution in [0.3, 0.4) is 0 Å². The molecule has 2 aromatic heterocycles. The van der Waals surface area contributed by atoms with Gasteiger partial charge in [0.2, 0.25) is 0 Å². The van der Waals surface area contributed by atoms with Crippen LogP contribution in [-0.4, -0.2) is 64.3 Å².